The molecule has 0 atom stereocenters. The summed E-state index contributed by atoms with van der Waals surface area (Å²) in [7, 11) is 0. The van der Waals surface area contributed by atoms with Crippen LogP contribution in [0.25, 0.3) is 10.2 Å². The Hall–Kier alpha value is -2.76. The van der Waals surface area contributed by atoms with Crippen LogP contribution in [0.15, 0.2) is 60.9 Å². The predicted molar refractivity (Wildman–Crippen MR) is 115 cm³/mol. The van der Waals surface area contributed by atoms with E-state index in [1.54, 1.807) is 17.3 Å². The highest BCUT2D eigenvalue weighted by atomic mass is 35.5. The van der Waals surface area contributed by atoms with Crippen LogP contribution in [0.4, 0.5) is 5.13 Å². The van der Waals surface area contributed by atoms with E-state index in [1.165, 1.54) is 11.3 Å². The number of anilines is 1. The second-order valence-electron chi connectivity index (χ2n) is 6.69. The maximum Gasteiger partial charge on any atom is 0.260 e. The van der Waals surface area contributed by atoms with Gasteiger partial charge in [-0.05, 0) is 55.3 Å². The molecule has 0 unspecified atom stereocenters. The SMILES string of the molecule is Cc1cccc(C(=O)N(Cc2cccnc2)c2nc3c(C)cc(Cl)cc3s2)c1. The second kappa shape index (κ2) is 7.70. The Labute approximate surface area is 172 Å². The molecule has 0 aliphatic rings. The number of carbonyl (C=O) groups excluding carboxylic acids is 1. The molecule has 2 aromatic carbocycles. The van der Waals surface area contributed by atoms with E-state index < -0.39 is 0 Å². The van der Waals surface area contributed by atoms with Gasteiger partial charge < -0.3 is 0 Å². The van der Waals surface area contributed by atoms with Crippen molar-refractivity contribution in [3.8, 4) is 0 Å². The summed E-state index contributed by atoms with van der Waals surface area (Å²) in [6, 6.07) is 15.2. The van der Waals surface area contributed by atoms with Crippen LogP contribution in [-0.2, 0) is 6.54 Å². The van der Waals surface area contributed by atoms with Gasteiger partial charge in [0, 0.05) is 23.0 Å². The quantitative estimate of drug-likeness (QED) is 0.429. The van der Waals surface area contributed by atoms with Gasteiger partial charge in [-0.15, -0.1) is 0 Å². The van der Waals surface area contributed by atoms with Gasteiger partial charge in [0.2, 0.25) is 0 Å². The fourth-order valence-electron chi connectivity index (χ4n) is 3.09. The zero-order valence-electron chi connectivity index (χ0n) is 15.5. The van der Waals surface area contributed by atoms with Crippen molar-refractivity contribution in [3.63, 3.8) is 0 Å². The van der Waals surface area contributed by atoms with Crippen LogP contribution in [0.1, 0.15) is 27.0 Å². The summed E-state index contributed by atoms with van der Waals surface area (Å²) in [5.74, 6) is -0.0876. The highest BCUT2D eigenvalue weighted by Crippen LogP contribution is 2.34. The third-order valence-corrected chi connectivity index (χ3v) is 5.69. The number of rotatable bonds is 4. The largest absolute Gasteiger partial charge is 0.279 e. The van der Waals surface area contributed by atoms with Gasteiger partial charge in [0.25, 0.3) is 5.91 Å². The predicted octanol–water partition coefficient (Wildman–Crippen LogP) is 5.81. The number of nitrogens with zero attached hydrogens (tertiary/aromatic N) is 3. The smallest absolute Gasteiger partial charge is 0.260 e. The fourth-order valence-corrected chi connectivity index (χ4v) is 4.51. The van der Waals surface area contributed by atoms with Crippen LogP contribution in [0.2, 0.25) is 5.02 Å². The molecule has 4 rings (SSSR count). The summed E-state index contributed by atoms with van der Waals surface area (Å²) < 4.78 is 0.966. The zero-order valence-corrected chi connectivity index (χ0v) is 17.1. The number of thiazole rings is 1. The third kappa shape index (κ3) is 3.77. The van der Waals surface area contributed by atoms with E-state index >= 15 is 0 Å². The lowest BCUT2D eigenvalue weighted by Gasteiger charge is -2.20. The van der Waals surface area contributed by atoms with E-state index in [9.17, 15) is 4.79 Å². The van der Waals surface area contributed by atoms with Crippen molar-refractivity contribution in [2.45, 2.75) is 20.4 Å². The number of hydrogen-bond donors (Lipinski definition) is 0. The van der Waals surface area contributed by atoms with Crippen molar-refractivity contribution in [1.82, 2.24) is 9.97 Å². The maximum absolute atomic E-state index is 13.4. The molecule has 140 valence electrons. The fraction of sp³-hybridized carbons (Fsp3) is 0.136. The number of fused-ring (bicyclic) bond motifs is 1. The molecule has 0 fully saturated rings. The Morgan fingerprint density at radius 1 is 1.14 bits per heavy atom. The molecule has 4 nitrogen and oxygen atoms in total. The van der Waals surface area contributed by atoms with Gasteiger partial charge in [-0.2, -0.15) is 0 Å². The van der Waals surface area contributed by atoms with Gasteiger partial charge >= 0.3 is 0 Å². The molecule has 2 heterocycles. The van der Waals surface area contributed by atoms with Crippen LogP contribution in [0.5, 0.6) is 0 Å². The molecule has 0 radical (unpaired) electrons. The molecule has 0 saturated carbocycles. The summed E-state index contributed by atoms with van der Waals surface area (Å²) in [6.07, 6.45) is 3.49. The molecule has 0 aliphatic heterocycles. The Bertz CT molecular complexity index is 1160. The molecule has 0 bridgehead atoms. The van der Waals surface area contributed by atoms with Crippen LogP contribution in [0.3, 0.4) is 0 Å². The highest BCUT2D eigenvalue weighted by Gasteiger charge is 2.22. The maximum atomic E-state index is 13.4. The molecule has 6 heteroatoms. The minimum absolute atomic E-state index is 0.0876. The monoisotopic (exact) mass is 407 g/mol. The molecular formula is C22H18ClN3OS. The molecule has 28 heavy (non-hydrogen) atoms. The molecule has 0 saturated heterocycles. The van der Waals surface area contributed by atoms with E-state index in [0.717, 1.165) is 26.9 Å². The summed E-state index contributed by atoms with van der Waals surface area (Å²) in [5, 5.41) is 1.32. The third-order valence-electron chi connectivity index (χ3n) is 4.44. The lowest BCUT2D eigenvalue weighted by Crippen LogP contribution is -2.30. The van der Waals surface area contributed by atoms with Gasteiger partial charge in [0.1, 0.15) is 0 Å². The molecule has 0 spiro atoms. The average molecular weight is 408 g/mol. The highest BCUT2D eigenvalue weighted by molar-refractivity contribution is 7.22. The van der Waals surface area contributed by atoms with E-state index in [2.05, 4.69) is 4.98 Å². The number of halogens is 1. The van der Waals surface area contributed by atoms with Gasteiger partial charge in [-0.25, -0.2) is 4.98 Å². The zero-order chi connectivity index (χ0) is 19.7. The second-order valence-corrected chi connectivity index (χ2v) is 8.13. The summed E-state index contributed by atoms with van der Waals surface area (Å²) in [4.78, 5) is 24.0. The first-order valence-corrected chi connectivity index (χ1v) is 10.0. The van der Waals surface area contributed by atoms with Crippen molar-refractivity contribution in [2.75, 3.05) is 4.90 Å². The molecule has 1 amide bonds. The summed E-state index contributed by atoms with van der Waals surface area (Å²) in [6.45, 7) is 4.35. The van der Waals surface area contributed by atoms with Crippen molar-refractivity contribution in [3.05, 3.63) is 88.2 Å². The van der Waals surface area contributed by atoms with E-state index in [0.29, 0.717) is 22.3 Å². The first kappa shape index (κ1) is 18.6. The normalized spacial score (nSPS) is 11.0. The molecule has 2 aromatic heterocycles. The van der Waals surface area contributed by atoms with Crippen molar-refractivity contribution in [1.29, 1.82) is 0 Å². The molecule has 0 aliphatic carbocycles. The summed E-state index contributed by atoms with van der Waals surface area (Å²) >= 11 is 7.68. The van der Waals surface area contributed by atoms with Gasteiger partial charge in [0.15, 0.2) is 5.13 Å². The number of aromatic nitrogens is 2. The number of carbonyl (C=O) groups is 1. The topological polar surface area (TPSA) is 46.1 Å². The Morgan fingerprint density at radius 3 is 2.75 bits per heavy atom. The molecule has 4 aromatic rings. The lowest BCUT2D eigenvalue weighted by atomic mass is 10.1. The Kier molecular flexibility index (Phi) is 5.11. The molecule has 0 N–H and O–H groups in total. The lowest BCUT2D eigenvalue weighted by molar-refractivity contribution is 0.0985. The van der Waals surface area contributed by atoms with Gasteiger partial charge in [0.05, 0.1) is 16.8 Å². The summed E-state index contributed by atoms with van der Waals surface area (Å²) in [5.41, 5.74) is 4.49. The van der Waals surface area contributed by atoms with E-state index in [1.807, 2.05) is 62.4 Å². The first-order chi connectivity index (χ1) is 13.5. The van der Waals surface area contributed by atoms with Gasteiger partial charge in [-0.3, -0.25) is 14.7 Å². The van der Waals surface area contributed by atoms with Crippen LogP contribution in [0, 0.1) is 13.8 Å². The van der Waals surface area contributed by atoms with Crippen molar-refractivity contribution >= 4 is 44.2 Å². The molecular weight excluding hydrogens is 390 g/mol. The average Bonchev–Trinajstić information content (AvgIpc) is 3.10. The number of amides is 1. The number of benzene rings is 2. The Balaban J connectivity index is 1.80. The Morgan fingerprint density at radius 2 is 2.00 bits per heavy atom. The first-order valence-electron chi connectivity index (χ1n) is 8.85. The minimum Gasteiger partial charge on any atom is -0.279 e. The number of pyridine rings is 1. The van der Waals surface area contributed by atoms with E-state index in [4.69, 9.17) is 16.6 Å². The van der Waals surface area contributed by atoms with E-state index in [-0.39, 0.29) is 5.91 Å². The van der Waals surface area contributed by atoms with Crippen LogP contribution >= 0.6 is 22.9 Å². The number of hydrogen-bond acceptors (Lipinski definition) is 4. The van der Waals surface area contributed by atoms with Crippen molar-refractivity contribution in [2.24, 2.45) is 0 Å². The van der Waals surface area contributed by atoms with Crippen LogP contribution < -0.4 is 4.90 Å². The van der Waals surface area contributed by atoms with Crippen molar-refractivity contribution < 1.29 is 4.79 Å². The minimum atomic E-state index is -0.0876. The number of aryl methyl sites for hydroxylation is 2. The standard InChI is InChI=1S/C22H18ClN3OS/c1-14-5-3-7-17(9-14)21(27)26(13-16-6-4-8-24-12-16)22-25-20-15(2)10-18(23)11-19(20)28-22/h3-12H,13H2,1-2H3. The van der Waals surface area contributed by atoms with Crippen LogP contribution in [-0.4, -0.2) is 15.9 Å². The van der Waals surface area contributed by atoms with Gasteiger partial charge in [-0.1, -0.05) is 46.7 Å².